The highest BCUT2D eigenvalue weighted by Crippen LogP contribution is 2.11. The molecule has 0 aromatic carbocycles. The summed E-state index contributed by atoms with van der Waals surface area (Å²) in [7, 11) is 0. The molecule has 0 aliphatic carbocycles. The van der Waals surface area contributed by atoms with Gasteiger partial charge in [-0.05, 0) is 12.0 Å². The summed E-state index contributed by atoms with van der Waals surface area (Å²) in [5.41, 5.74) is 1.27. The van der Waals surface area contributed by atoms with E-state index >= 15 is 0 Å². The molecule has 1 nitrogen and oxygen atoms in total. The summed E-state index contributed by atoms with van der Waals surface area (Å²) < 4.78 is 0. The lowest BCUT2D eigenvalue weighted by atomic mass is 10.1. The molecule has 0 saturated carbocycles. The van der Waals surface area contributed by atoms with Crippen molar-refractivity contribution in [2.24, 2.45) is 4.99 Å². The van der Waals surface area contributed by atoms with Gasteiger partial charge < -0.3 is 0 Å². The third-order valence-corrected chi connectivity index (χ3v) is 1.78. The van der Waals surface area contributed by atoms with Crippen molar-refractivity contribution in [1.29, 1.82) is 0 Å². The average Bonchev–Trinajstić information content (AvgIpc) is 2.17. The Morgan fingerprint density at radius 2 is 2.45 bits per heavy atom. The Balaban J connectivity index is 2.64. The first-order valence-electron chi connectivity index (χ1n) is 3.90. The van der Waals surface area contributed by atoms with E-state index in [0.717, 1.165) is 19.3 Å². The molecule has 0 amide bonds. The number of allylic oxidation sites excluding steroid dienone is 3. The summed E-state index contributed by atoms with van der Waals surface area (Å²) in [6.07, 6.45) is 9.02. The van der Waals surface area contributed by atoms with E-state index < -0.39 is 0 Å². The molecule has 0 bridgehead atoms. The summed E-state index contributed by atoms with van der Waals surface area (Å²) in [6, 6.07) is 0. The van der Waals surface area contributed by atoms with E-state index in [9.17, 15) is 0 Å². The topological polar surface area (TPSA) is 12.4 Å². The largest absolute Gasteiger partial charge is 0.248 e. The molecule has 11 heavy (non-hydrogen) atoms. The van der Waals surface area contributed by atoms with Crippen molar-refractivity contribution >= 4 is 16.8 Å². The zero-order chi connectivity index (χ0) is 8.10. The maximum atomic E-state index is 5.74. The van der Waals surface area contributed by atoms with Crippen LogP contribution < -0.4 is 0 Å². The first-order chi connectivity index (χ1) is 5.33. The van der Waals surface area contributed by atoms with E-state index in [-0.39, 0.29) is 0 Å². The molecular weight excluding hydrogens is 158 g/mol. The fourth-order valence-electron chi connectivity index (χ4n) is 0.993. The molecule has 1 aliphatic rings. The summed E-state index contributed by atoms with van der Waals surface area (Å²) in [4.78, 5) is 4.08. The van der Waals surface area contributed by atoms with Gasteiger partial charge >= 0.3 is 0 Å². The van der Waals surface area contributed by atoms with Crippen molar-refractivity contribution in [3.8, 4) is 0 Å². The summed E-state index contributed by atoms with van der Waals surface area (Å²) in [5, 5.41) is 0.673. The van der Waals surface area contributed by atoms with E-state index in [4.69, 9.17) is 11.6 Å². The molecule has 0 radical (unpaired) electrons. The quantitative estimate of drug-likeness (QED) is 0.602. The van der Waals surface area contributed by atoms with Crippen LogP contribution in [0.5, 0.6) is 0 Å². The van der Waals surface area contributed by atoms with Gasteiger partial charge in [0.2, 0.25) is 0 Å². The van der Waals surface area contributed by atoms with Crippen LogP contribution in [0, 0.1) is 0 Å². The smallest absolute Gasteiger partial charge is 0.110 e. The lowest BCUT2D eigenvalue weighted by molar-refractivity contribution is 0.923. The van der Waals surface area contributed by atoms with Crippen LogP contribution in [-0.4, -0.2) is 5.17 Å². The van der Waals surface area contributed by atoms with Gasteiger partial charge in [0.15, 0.2) is 0 Å². The van der Waals surface area contributed by atoms with Gasteiger partial charge in [0, 0.05) is 12.6 Å². The molecule has 60 valence electrons. The molecule has 0 aromatic heterocycles. The highest BCUT2D eigenvalue weighted by molar-refractivity contribution is 6.65. The Labute approximate surface area is 72.5 Å². The maximum absolute atomic E-state index is 5.74. The third-order valence-electron chi connectivity index (χ3n) is 1.53. The Morgan fingerprint density at radius 1 is 1.64 bits per heavy atom. The Morgan fingerprint density at radius 3 is 3.18 bits per heavy atom. The van der Waals surface area contributed by atoms with Crippen LogP contribution in [-0.2, 0) is 0 Å². The number of halogens is 1. The van der Waals surface area contributed by atoms with Crippen LogP contribution in [0.1, 0.15) is 26.2 Å². The number of rotatable bonds is 2. The summed E-state index contributed by atoms with van der Waals surface area (Å²) in [6.45, 7) is 2.16. The van der Waals surface area contributed by atoms with Crippen molar-refractivity contribution in [3.63, 3.8) is 0 Å². The minimum Gasteiger partial charge on any atom is -0.248 e. The molecule has 0 unspecified atom stereocenters. The first-order valence-corrected chi connectivity index (χ1v) is 4.28. The molecule has 0 spiro atoms. The van der Waals surface area contributed by atoms with Crippen LogP contribution in [0.15, 0.2) is 28.9 Å². The fraction of sp³-hybridized carbons (Fsp3) is 0.444. The van der Waals surface area contributed by atoms with Crippen LogP contribution in [0.2, 0.25) is 0 Å². The number of aliphatic imine (C=N–C) groups is 1. The monoisotopic (exact) mass is 169 g/mol. The maximum Gasteiger partial charge on any atom is 0.110 e. The zero-order valence-electron chi connectivity index (χ0n) is 6.68. The second kappa shape index (κ2) is 4.35. The normalized spacial score (nSPS) is 17.3. The van der Waals surface area contributed by atoms with E-state index in [1.165, 1.54) is 5.57 Å². The zero-order valence-corrected chi connectivity index (χ0v) is 7.43. The van der Waals surface area contributed by atoms with Crippen molar-refractivity contribution in [2.45, 2.75) is 26.2 Å². The van der Waals surface area contributed by atoms with Gasteiger partial charge in [-0.2, -0.15) is 0 Å². The van der Waals surface area contributed by atoms with Crippen LogP contribution in [0.3, 0.4) is 0 Å². The van der Waals surface area contributed by atoms with Gasteiger partial charge in [-0.1, -0.05) is 37.1 Å². The highest BCUT2D eigenvalue weighted by atomic mass is 35.5. The van der Waals surface area contributed by atoms with Crippen molar-refractivity contribution in [2.75, 3.05) is 0 Å². The molecule has 0 saturated heterocycles. The number of nitrogens with zero attached hydrogens (tertiary/aromatic N) is 1. The van der Waals surface area contributed by atoms with Gasteiger partial charge in [-0.15, -0.1) is 0 Å². The van der Waals surface area contributed by atoms with Crippen LogP contribution in [0.4, 0.5) is 0 Å². The second-order valence-electron chi connectivity index (χ2n) is 2.57. The fourth-order valence-corrected chi connectivity index (χ4v) is 1.13. The van der Waals surface area contributed by atoms with Crippen molar-refractivity contribution < 1.29 is 0 Å². The van der Waals surface area contributed by atoms with Gasteiger partial charge in [-0.25, -0.2) is 4.99 Å². The molecule has 0 aromatic rings. The van der Waals surface area contributed by atoms with Gasteiger partial charge in [0.25, 0.3) is 0 Å². The Hall–Kier alpha value is -0.560. The Bertz CT molecular complexity index is 214. The van der Waals surface area contributed by atoms with Crippen LogP contribution in [0.25, 0.3) is 0 Å². The van der Waals surface area contributed by atoms with Gasteiger partial charge in [0.05, 0.1) is 0 Å². The molecule has 1 rings (SSSR count). The molecule has 0 fully saturated rings. The predicted molar refractivity (Wildman–Crippen MR) is 50.0 cm³/mol. The molecular formula is C9H12ClN. The minimum absolute atomic E-state index is 0.673. The second-order valence-corrected chi connectivity index (χ2v) is 3.00. The summed E-state index contributed by atoms with van der Waals surface area (Å²) >= 11 is 5.74. The SMILES string of the molecule is CCCC1=CN=C(Cl)CC=C1. The Kier molecular flexibility index (Phi) is 3.37. The van der Waals surface area contributed by atoms with Crippen molar-refractivity contribution in [1.82, 2.24) is 0 Å². The first kappa shape index (κ1) is 8.54. The molecule has 0 atom stereocenters. The molecule has 1 heterocycles. The third kappa shape index (κ3) is 2.89. The average molecular weight is 170 g/mol. The highest BCUT2D eigenvalue weighted by Gasteiger charge is 1.96. The van der Waals surface area contributed by atoms with Gasteiger partial charge in [0.1, 0.15) is 5.17 Å². The van der Waals surface area contributed by atoms with E-state index in [1.54, 1.807) is 0 Å². The minimum atomic E-state index is 0.673. The van der Waals surface area contributed by atoms with Crippen LogP contribution >= 0.6 is 11.6 Å². The van der Waals surface area contributed by atoms with Gasteiger partial charge in [-0.3, -0.25) is 0 Å². The van der Waals surface area contributed by atoms with Crippen molar-refractivity contribution in [3.05, 3.63) is 23.9 Å². The lowest BCUT2D eigenvalue weighted by Crippen LogP contribution is -1.78. The van der Waals surface area contributed by atoms with E-state index in [1.807, 2.05) is 6.20 Å². The number of hydrogen-bond acceptors (Lipinski definition) is 1. The molecule has 0 N–H and O–H groups in total. The predicted octanol–water partition coefficient (Wildman–Crippen LogP) is 3.27. The van der Waals surface area contributed by atoms with E-state index in [0.29, 0.717) is 5.17 Å². The lowest BCUT2D eigenvalue weighted by Gasteiger charge is -1.93. The molecule has 1 aliphatic heterocycles. The summed E-state index contributed by atoms with van der Waals surface area (Å²) in [5.74, 6) is 0. The molecule has 2 heteroatoms. The standard InChI is InChI=1S/C9H12ClN/c1-2-4-8-5-3-6-9(10)11-7-8/h3,5,7H,2,4,6H2,1H3. The number of hydrogen-bond donors (Lipinski definition) is 0. The van der Waals surface area contributed by atoms with E-state index in [2.05, 4.69) is 24.1 Å².